The van der Waals surface area contributed by atoms with Crippen LogP contribution in [0.4, 0.5) is 10.1 Å². The summed E-state index contributed by atoms with van der Waals surface area (Å²) in [5, 5.41) is 22.0. The van der Waals surface area contributed by atoms with Crippen molar-refractivity contribution in [1.29, 1.82) is 0 Å². The highest BCUT2D eigenvalue weighted by molar-refractivity contribution is 7.92. The molecule has 0 spiro atoms. The third-order valence-electron chi connectivity index (χ3n) is 5.46. The number of aromatic nitrogens is 2. The zero-order valence-electron chi connectivity index (χ0n) is 19.2. The van der Waals surface area contributed by atoms with Gasteiger partial charge in [0.2, 0.25) is 0 Å². The van der Waals surface area contributed by atoms with Crippen molar-refractivity contribution in [1.82, 2.24) is 15.5 Å². The van der Waals surface area contributed by atoms with Crippen molar-refractivity contribution >= 4 is 26.6 Å². The first-order chi connectivity index (χ1) is 16.9. The summed E-state index contributed by atoms with van der Waals surface area (Å²) in [6.45, 7) is 3.22. The highest BCUT2D eigenvalue weighted by atomic mass is 32.2. The summed E-state index contributed by atoms with van der Waals surface area (Å²) >= 11 is 0. The van der Waals surface area contributed by atoms with Gasteiger partial charge in [-0.05, 0) is 54.4 Å². The van der Waals surface area contributed by atoms with Crippen LogP contribution in [-0.2, 0) is 16.4 Å². The van der Waals surface area contributed by atoms with Crippen molar-refractivity contribution < 1.29 is 22.7 Å². The lowest BCUT2D eigenvalue weighted by Crippen LogP contribution is -2.26. The highest BCUT2D eigenvalue weighted by Gasteiger charge is 2.16. The number of halogens is 1. The number of fused-ring (bicyclic) bond motifs is 1. The Labute approximate surface area is 203 Å². The zero-order chi connectivity index (χ0) is 24.8. The number of rotatable bonds is 11. The molecule has 4 N–H and O–H groups in total. The Balaban J connectivity index is 1.27. The molecule has 1 aromatic heterocycles. The van der Waals surface area contributed by atoms with Gasteiger partial charge in [0.05, 0.1) is 22.2 Å². The van der Waals surface area contributed by atoms with Crippen LogP contribution in [-0.4, -0.2) is 43.4 Å². The lowest BCUT2D eigenvalue weighted by atomic mass is 10.1. The maximum Gasteiger partial charge on any atom is 0.261 e. The number of nitrogens with one attached hydrogen (secondary N) is 3. The van der Waals surface area contributed by atoms with Gasteiger partial charge >= 0.3 is 0 Å². The first kappa shape index (κ1) is 24.6. The number of sulfonamides is 1. The predicted molar refractivity (Wildman–Crippen MR) is 132 cm³/mol. The number of hydrogen-bond acceptors (Lipinski definition) is 6. The quantitative estimate of drug-likeness (QED) is 0.234. The van der Waals surface area contributed by atoms with Gasteiger partial charge in [-0.25, -0.2) is 12.8 Å². The second kappa shape index (κ2) is 10.9. The highest BCUT2D eigenvalue weighted by Crippen LogP contribution is 2.23. The van der Waals surface area contributed by atoms with Crippen LogP contribution >= 0.6 is 0 Å². The minimum atomic E-state index is -3.95. The molecule has 0 saturated carbocycles. The molecule has 0 amide bonds. The molecule has 184 valence electrons. The molecule has 0 saturated heterocycles. The average molecular weight is 499 g/mol. The van der Waals surface area contributed by atoms with E-state index in [1.54, 1.807) is 24.3 Å². The maximum absolute atomic E-state index is 13.4. The number of aliphatic hydroxyl groups is 1. The van der Waals surface area contributed by atoms with Gasteiger partial charge in [0, 0.05) is 30.2 Å². The third-order valence-corrected chi connectivity index (χ3v) is 6.84. The van der Waals surface area contributed by atoms with Crippen molar-refractivity contribution in [2.24, 2.45) is 0 Å². The minimum Gasteiger partial charge on any atom is -0.492 e. The molecule has 0 radical (unpaired) electrons. The molecule has 4 aromatic rings. The van der Waals surface area contributed by atoms with Crippen LogP contribution in [0.15, 0.2) is 71.6 Å². The van der Waals surface area contributed by atoms with E-state index in [0.29, 0.717) is 18.7 Å². The topological polar surface area (TPSA) is 116 Å². The summed E-state index contributed by atoms with van der Waals surface area (Å²) in [6.07, 6.45) is -0.00346. The molecule has 3 aromatic carbocycles. The van der Waals surface area contributed by atoms with Crippen LogP contribution in [0, 0.1) is 5.82 Å². The number of hydrogen-bond donors (Lipinski definition) is 4. The predicted octanol–water partition coefficient (Wildman–Crippen LogP) is 3.77. The summed E-state index contributed by atoms with van der Waals surface area (Å²) < 4.78 is 46.6. The molecule has 0 fully saturated rings. The van der Waals surface area contributed by atoms with Gasteiger partial charge in [0.1, 0.15) is 18.2 Å². The van der Waals surface area contributed by atoms with E-state index < -0.39 is 21.9 Å². The van der Waals surface area contributed by atoms with E-state index in [9.17, 15) is 17.9 Å². The molecule has 4 rings (SSSR count). The number of anilines is 1. The minimum absolute atomic E-state index is 0.178. The summed E-state index contributed by atoms with van der Waals surface area (Å²) in [5.41, 5.74) is 2.76. The van der Waals surface area contributed by atoms with Crippen molar-refractivity contribution in [3.8, 4) is 5.75 Å². The second-order valence-electron chi connectivity index (χ2n) is 7.99. The average Bonchev–Trinajstić information content (AvgIpc) is 3.26. The fourth-order valence-corrected chi connectivity index (χ4v) is 4.75. The van der Waals surface area contributed by atoms with Gasteiger partial charge in [0.25, 0.3) is 10.0 Å². The first-order valence-electron chi connectivity index (χ1n) is 11.2. The largest absolute Gasteiger partial charge is 0.492 e. The standard InChI is InChI=1S/C25H27FN4O4S/c1-2-23-22-10-9-20(15-24(22)29-28-23)34-12-11-27-16-25(31)17-5-3-7-19(13-17)30-35(32,33)21-8-4-6-18(26)14-21/h3-10,13-15,25,27,30-31H,2,11-12,16H2,1H3,(H,28,29). The van der Waals surface area contributed by atoms with Crippen LogP contribution in [0.2, 0.25) is 0 Å². The fourth-order valence-electron chi connectivity index (χ4n) is 3.67. The molecule has 0 bridgehead atoms. The van der Waals surface area contributed by atoms with E-state index >= 15 is 0 Å². The van der Waals surface area contributed by atoms with Crippen LogP contribution in [0.5, 0.6) is 5.75 Å². The summed E-state index contributed by atoms with van der Waals surface area (Å²) in [4.78, 5) is -0.178. The lowest BCUT2D eigenvalue weighted by molar-refractivity contribution is 0.172. The van der Waals surface area contributed by atoms with Gasteiger partial charge < -0.3 is 15.2 Å². The van der Waals surface area contributed by atoms with E-state index in [1.807, 2.05) is 18.2 Å². The summed E-state index contributed by atoms with van der Waals surface area (Å²) in [6, 6.07) is 17.0. The van der Waals surface area contributed by atoms with E-state index in [4.69, 9.17) is 4.74 Å². The Morgan fingerprint density at radius 2 is 1.94 bits per heavy atom. The number of aryl methyl sites for hydroxylation is 1. The molecule has 0 aliphatic carbocycles. The lowest BCUT2D eigenvalue weighted by Gasteiger charge is -2.15. The molecule has 1 atom stereocenters. The van der Waals surface area contributed by atoms with Crippen LogP contribution < -0.4 is 14.8 Å². The molecule has 1 unspecified atom stereocenters. The normalized spacial score (nSPS) is 12.5. The van der Waals surface area contributed by atoms with E-state index in [2.05, 4.69) is 27.2 Å². The van der Waals surface area contributed by atoms with Gasteiger partial charge in [0.15, 0.2) is 0 Å². The van der Waals surface area contributed by atoms with Gasteiger partial charge in [-0.3, -0.25) is 9.82 Å². The number of nitrogens with zero attached hydrogens (tertiary/aromatic N) is 1. The zero-order valence-corrected chi connectivity index (χ0v) is 20.0. The van der Waals surface area contributed by atoms with E-state index in [0.717, 1.165) is 34.8 Å². The fraction of sp³-hybridized carbons (Fsp3) is 0.240. The monoisotopic (exact) mass is 498 g/mol. The molecular weight excluding hydrogens is 471 g/mol. The maximum atomic E-state index is 13.4. The van der Waals surface area contributed by atoms with Gasteiger partial charge in [-0.1, -0.05) is 25.1 Å². The Morgan fingerprint density at radius 3 is 2.74 bits per heavy atom. The molecule has 0 aliphatic heterocycles. The van der Waals surface area contributed by atoms with Crippen molar-refractivity contribution in [3.05, 3.63) is 83.8 Å². The molecule has 1 heterocycles. The number of aliphatic hydroxyl groups excluding tert-OH is 1. The van der Waals surface area contributed by atoms with E-state index in [-0.39, 0.29) is 17.1 Å². The molecule has 10 heteroatoms. The van der Waals surface area contributed by atoms with Crippen LogP contribution in [0.25, 0.3) is 10.9 Å². The molecule has 8 nitrogen and oxygen atoms in total. The van der Waals surface area contributed by atoms with Crippen molar-refractivity contribution in [2.75, 3.05) is 24.4 Å². The Kier molecular flexibility index (Phi) is 7.64. The number of aromatic amines is 1. The molecule has 0 aliphatic rings. The third kappa shape index (κ3) is 6.16. The summed E-state index contributed by atoms with van der Waals surface area (Å²) in [7, 11) is -3.95. The van der Waals surface area contributed by atoms with E-state index in [1.165, 1.54) is 18.2 Å². The Morgan fingerprint density at radius 1 is 1.11 bits per heavy atom. The smallest absolute Gasteiger partial charge is 0.261 e. The Hall–Kier alpha value is -3.47. The SMILES string of the molecule is CCc1n[nH]c2cc(OCCNCC(O)c3cccc(NS(=O)(=O)c4cccc(F)c4)c3)ccc12. The Bertz CT molecular complexity index is 1410. The van der Waals surface area contributed by atoms with Gasteiger partial charge in [-0.2, -0.15) is 5.10 Å². The number of benzene rings is 3. The van der Waals surface area contributed by atoms with Crippen molar-refractivity contribution in [2.45, 2.75) is 24.3 Å². The number of H-pyrrole nitrogens is 1. The van der Waals surface area contributed by atoms with Gasteiger partial charge in [-0.15, -0.1) is 0 Å². The summed E-state index contributed by atoms with van der Waals surface area (Å²) in [5.74, 6) is 0.0871. The first-order valence-corrected chi connectivity index (χ1v) is 12.7. The van der Waals surface area contributed by atoms with Crippen molar-refractivity contribution in [3.63, 3.8) is 0 Å². The molecular formula is C25H27FN4O4S. The van der Waals surface area contributed by atoms with Crippen LogP contribution in [0.1, 0.15) is 24.3 Å². The van der Waals surface area contributed by atoms with Crippen LogP contribution in [0.3, 0.4) is 0 Å². The second-order valence-corrected chi connectivity index (χ2v) is 9.67. The molecule has 35 heavy (non-hydrogen) atoms. The number of ether oxygens (including phenoxy) is 1.